The van der Waals surface area contributed by atoms with Crippen molar-refractivity contribution in [2.75, 3.05) is 5.73 Å². The first-order valence-electron chi connectivity index (χ1n) is 12.5. The van der Waals surface area contributed by atoms with Crippen LogP contribution < -0.4 is 11.1 Å². The summed E-state index contributed by atoms with van der Waals surface area (Å²) < 4.78 is 1.94. The van der Waals surface area contributed by atoms with Crippen LogP contribution in [-0.4, -0.2) is 30.4 Å². The number of rotatable bonds is 5. The second-order valence-electron chi connectivity index (χ2n) is 11.0. The van der Waals surface area contributed by atoms with Crippen LogP contribution in [0.1, 0.15) is 49.8 Å². The van der Waals surface area contributed by atoms with E-state index in [2.05, 4.69) is 31.3 Å². The molecule has 1 amide bonds. The maximum atomic E-state index is 13.4. The number of hydrogen-bond acceptors (Lipinski definition) is 5. The number of aromatic nitrogens is 5. The number of imidazole rings is 1. The van der Waals surface area contributed by atoms with E-state index in [1.807, 2.05) is 16.7 Å². The highest BCUT2D eigenvalue weighted by Crippen LogP contribution is 2.60. The number of H-pyrrole nitrogens is 1. The van der Waals surface area contributed by atoms with Gasteiger partial charge in [0, 0.05) is 21.5 Å². The Morgan fingerprint density at radius 1 is 1.11 bits per heavy atom. The molecule has 35 heavy (non-hydrogen) atoms. The van der Waals surface area contributed by atoms with Crippen LogP contribution in [0, 0.1) is 23.2 Å². The zero-order chi connectivity index (χ0) is 23.7. The first kappa shape index (κ1) is 21.2. The first-order chi connectivity index (χ1) is 17.0. The quantitative estimate of drug-likeness (QED) is 0.384. The van der Waals surface area contributed by atoms with Gasteiger partial charge in [0.25, 0.3) is 0 Å². The molecule has 8 rings (SSSR count). The van der Waals surface area contributed by atoms with Gasteiger partial charge in [-0.2, -0.15) is 0 Å². The van der Waals surface area contributed by atoms with Crippen LogP contribution >= 0.6 is 11.6 Å². The SMILES string of the molecule is Nc1ncnc2c1ncn2Cc1cc(Cl)cc2cc(CNC(=O)C34CC5CC(CC(C5)C3)C4)[nH]c12. The Morgan fingerprint density at radius 2 is 1.86 bits per heavy atom. The fraction of sp³-hybridized carbons (Fsp3) is 0.462. The Bertz CT molecular complexity index is 1440. The Morgan fingerprint density at radius 3 is 2.60 bits per heavy atom. The largest absolute Gasteiger partial charge is 0.382 e. The van der Waals surface area contributed by atoms with E-state index in [9.17, 15) is 4.79 Å². The molecule has 0 atom stereocenters. The zero-order valence-electron chi connectivity index (χ0n) is 19.4. The van der Waals surface area contributed by atoms with Gasteiger partial charge in [-0.15, -0.1) is 0 Å². The minimum Gasteiger partial charge on any atom is -0.382 e. The van der Waals surface area contributed by atoms with Crippen molar-refractivity contribution in [1.82, 2.24) is 29.8 Å². The monoisotopic (exact) mass is 489 g/mol. The van der Waals surface area contributed by atoms with Crippen LogP contribution in [0.25, 0.3) is 22.1 Å². The van der Waals surface area contributed by atoms with E-state index in [1.54, 1.807) is 6.33 Å². The summed E-state index contributed by atoms with van der Waals surface area (Å²) in [6.45, 7) is 1.02. The van der Waals surface area contributed by atoms with Crippen molar-refractivity contribution >= 4 is 45.4 Å². The summed E-state index contributed by atoms with van der Waals surface area (Å²) in [4.78, 5) is 29.7. The summed E-state index contributed by atoms with van der Waals surface area (Å²) in [6, 6.07) is 5.99. The molecule has 0 spiro atoms. The third-order valence-corrected chi connectivity index (χ3v) is 8.78. The number of carbonyl (C=O) groups is 1. The predicted octanol–water partition coefficient (Wildman–Crippen LogP) is 4.42. The van der Waals surface area contributed by atoms with E-state index in [1.165, 1.54) is 25.6 Å². The summed E-state index contributed by atoms with van der Waals surface area (Å²) in [7, 11) is 0. The second-order valence-corrected chi connectivity index (χ2v) is 11.4. The standard InChI is InChI=1S/C26H28ClN7O/c27-19-4-17-6-20(10-29-25(35)26-7-14-1-15(8-26)3-16(2-14)9-26)33-21(17)18(5-19)11-34-13-32-22-23(28)30-12-31-24(22)34/h4-6,12-16,33H,1-3,7-11H2,(H,29,35)(H2,28,30,31). The number of fused-ring (bicyclic) bond motifs is 2. The Balaban J connectivity index is 1.13. The molecular weight excluding hydrogens is 462 g/mol. The molecule has 4 aromatic rings. The number of nitrogens with one attached hydrogen (secondary N) is 2. The van der Waals surface area contributed by atoms with Crippen LogP contribution in [0.4, 0.5) is 5.82 Å². The molecular formula is C26H28ClN7O. The topological polar surface area (TPSA) is 115 Å². The molecule has 9 heteroatoms. The van der Waals surface area contributed by atoms with Crippen LogP contribution in [0.3, 0.4) is 0 Å². The van der Waals surface area contributed by atoms with Crippen molar-refractivity contribution in [1.29, 1.82) is 0 Å². The molecule has 0 saturated heterocycles. The summed E-state index contributed by atoms with van der Waals surface area (Å²) in [5.41, 5.74) is 10.1. The lowest BCUT2D eigenvalue weighted by Crippen LogP contribution is -2.53. The number of amides is 1. The number of aromatic amines is 1. The molecule has 1 aromatic carbocycles. The van der Waals surface area contributed by atoms with Crippen molar-refractivity contribution in [3.05, 3.63) is 47.1 Å². The maximum absolute atomic E-state index is 13.4. The number of nitrogen functional groups attached to an aromatic ring is 1. The Hall–Kier alpha value is -3.13. The number of benzene rings is 1. The number of hydrogen-bond donors (Lipinski definition) is 3. The average Bonchev–Trinajstić information content (AvgIpc) is 3.41. The lowest BCUT2D eigenvalue weighted by atomic mass is 9.49. The van der Waals surface area contributed by atoms with Gasteiger partial charge in [0.15, 0.2) is 11.5 Å². The van der Waals surface area contributed by atoms with Crippen LogP contribution in [0.2, 0.25) is 5.02 Å². The fourth-order valence-electron chi connectivity index (χ4n) is 7.51. The minimum absolute atomic E-state index is 0.137. The maximum Gasteiger partial charge on any atom is 0.226 e. The highest BCUT2D eigenvalue weighted by Gasteiger charge is 2.54. The molecule has 4 bridgehead atoms. The molecule has 4 aliphatic rings. The zero-order valence-corrected chi connectivity index (χ0v) is 20.2. The van der Waals surface area contributed by atoms with Gasteiger partial charge in [-0.05, 0) is 80.0 Å². The number of nitrogens with two attached hydrogens (primary N) is 1. The van der Waals surface area contributed by atoms with E-state index in [0.29, 0.717) is 35.1 Å². The van der Waals surface area contributed by atoms with Gasteiger partial charge in [0.05, 0.1) is 24.9 Å². The predicted molar refractivity (Wildman–Crippen MR) is 135 cm³/mol. The molecule has 0 aliphatic heterocycles. The number of carbonyl (C=O) groups excluding carboxylic acids is 1. The van der Waals surface area contributed by atoms with E-state index >= 15 is 0 Å². The van der Waals surface area contributed by atoms with Crippen molar-refractivity contribution in [3.63, 3.8) is 0 Å². The highest BCUT2D eigenvalue weighted by atomic mass is 35.5. The highest BCUT2D eigenvalue weighted by molar-refractivity contribution is 6.31. The molecule has 180 valence electrons. The Labute approximate surface area is 207 Å². The van der Waals surface area contributed by atoms with Crippen molar-refractivity contribution in [2.24, 2.45) is 23.2 Å². The van der Waals surface area contributed by atoms with Gasteiger partial charge in [0.2, 0.25) is 5.91 Å². The van der Waals surface area contributed by atoms with E-state index < -0.39 is 0 Å². The molecule has 0 unspecified atom stereocenters. The van der Waals surface area contributed by atoms with Crippen LogP contribution in [0.5, 0.6) is 0 Å². The van der Waals surface area contributed by atoms with E-state index in [4.69, 9.17) is 17.3 Å². The van der Waals surface area contributed by atoms with Gasteiger partial charge >= 0.3 is 0 Å². The van der Waals surface area contributed by atoms with Crippen molar-refractivity contribution in [3.8, 4) is 0 Å². The molecule has 0 radical (unpaired) electrons. The van der Waals surface area contributed by atoms with E-state index in [0.717, 1.165) is 59.2 Å². The van der Waals surface area contributed by atoms with Crippen LogP contribution in [0.15, 0.2) is 30.9 Å². The number of nitrogens with zero attached hydrogens (tertiary/aromatic N) is 4. The van der Waals surface area contributed by atoms with Gasteiger partial charge in [-0.1, -0.05) is 11.6 Å². The van der Waals surface area contributed by atoms with Gasteiger partial charge in [-0.3, -0.25) is 4.79 Å². The van der Waals surface area contributed by atoms with Crippen molar-refractivity contribution in [2.45, 2.75) is 51.6 Å². The third kappa shape index (κ3) is 3.49. The molecule has 8 nitrogen and oxygen atoms in total. The molecule has 4 aliphatic carbocycles. The minimum atomic E-state index is -0.137. The first-order valence-corrected chi connectivity index (χ1v) is 12.8. The second kappa shape index (κ2) is 7.68. The summed E-state index contributed by atoms with van der Waals surface area (Å²) in [6.07, 6.45) is 10.4. The third-order valence-electron chi connectivity index (χ3n) is 8.56. The summed E-state index contributed by atoms with van der Waals surface area (Å²) >= 11 is 6.47. The van der Waals surface area contributed by atoms with E-state index in [-0.39, 0.29) is 11.3 Å². The average molecular weight is 490 g/mol. The molecule has 4 saturated carbocycles. The van der Waals surface area contributed by atoms with Crippen LogP contribution in [-0.2, 0) is 17.9 Å². The molecule has 3 heterocycles. The molecule has 4 fully saturated rings. The lowest BCUT2D eigenvalue weighted by Gasteiger charge is -2.55. The summed E-state index contributed by atoms with van der Waals surface area (Å²) in [5.74, 6) is 2.87. The number of anilines is 1. The fourth-order valence-corrected chi connectivity index (χ4v) is 7.76. The molecule has 4 N–H and O–H groups in total. The Kier molecular flexibility index (Phi) is 4.65. The van der Waals surface area contributed by atoms with Gasteiger partial charge in [0.1, 0.15) is 11.8 Å². The lowest BCUT2D eigenvalue weighted by molar-refractivity contribution is -0.146. The normalized spacial score (nSPS) is 27.2. The van der Waals surface area contributed by atoms with Gasteiger partial charge < -0.3 is 20.6 Å². The summed E-state index contributed by atoms with van der Waals surface area (Å²) in [5, 5.41) is 4.96. The molecule has 3 aromatic heterocycles. The smallest absolute Gasteiger partial charge is 0.226 e. The number of halogens is 1. The van der Waals surface area contributed by atoms with Crippen molar-refractivity contribution < 1.29 is 4.79 Å². The van der Waals surface area contributed by atoms with Gasteiger partial charge in [-0.25, -0.2) is 15.0 Å².